The third-order valence-electron chi connectivity index (χ3n) is 2.23. The molecule has 0 aromatic carbocycles. The predicted molar refractivity (Wildman–Crippen MR) is 62.6 cm³/mol. The summed E-state index contributed by atoms with van der Waals surface area (Å²) in [5, 5.41) is 20.2. The zero-order valence-corrected chi connectivity index (χ0v) is 10.7. The molecule has 0 aromatic heterocycles. The van der Waals surface area contributed by atoms with Gasteiger partial charge in [0.1, 0.15) is 0 Å². The molecule has 4 nitrogen and oxygen atoms in total. The van der Waals surface area contributed by atoms with Crippen molar-refractivity contribution in [1.82, 2.24) is 0 Å². The number of rotatable bonds is 6. The molecule has 0 rings (SSSR count). The summed E-state index contributed by atoms with van der Waals surface area (Å²) in [5.74, 6) is -2.54. The fourth-order valence-corrected chi connectivity index (χ4v) is 0.874. The normalized spacial score (nSPS) is 11.7. The van der Waals surface area contributed by atoms with Crippen molar-refractivity contribution in [3.63, 3.8) is 0 Å². The van der Waals surface area contributed by atoms with Crippen molar-refractivity contribution in [2.45, 2.75) is 33.6 Å². The van der Waals surface area contributed by atoms with Crippen LogP contribution in [0.1, 0.15) is 33.6 Å². The number of allylic oxidation sites excluding steroid dienone is 1. The first kappa shape index (κ1) is 17.8. The van der Waals surface area contributed by atoms with E-state index in [0.717, 1.165) is 0 Å². The highest BCUT2D eigenvalue weighted by Gasteiger charge is 2.16. The zero-order valence-electron chi connectivity index (χ0n) is 10.7. The van der Waals surface area contributed by atoms with E-state index < -0.39 is 23.3 Å². The minimum atomic E-state index is -1.04. The quantitative estimate of drug-likeness (QED) is 0.625. The van der Waals surface area contributed by atoms with Gasteiger partial charge in [-0.25, -0.2) is 0 Å². The molecule has 1 atom stereocenters. The van der Waals surface area contributed by atoms with Gasteiger partial charge in [-0.05, 0) is 12.8 Å². The van der Waals surface area contributed by atoms with Gasteiger partial charge in [-0.3, -0.25) is 0 Å². The number of carbonyl (C=O) groups excluding carboxylic acids is 2. The van der Waals surface area contributed by atoms with Crippen LogP contribution >= 0.6 is 0 Å². The summed E-state index contributed by atoms with van der Waals surface area (Å²) < 4.78 is 0. The Morgan fingerprint density at radius 1 is 1.29 bits per heavy atom. The van der Waals surface area contributed by atoms with Gasteiger partial charge in [0, 0.05) is 23.3 Å². The average Bonchev–Trinajstić information content (AvgIpc) is 2.19. The van der Waals surface area contributed by atoms with Crippen molar-refractivity contribution in [1.29, 1.82) is 0 Å². The molecule has 0 radical (unpaired) electrons. The van der Waals surface area contributed by atoms with Gasteiger partial charge in [0.25, 0.3) is 0 Å². The Hall–Kier alpha value is -1.58. The summed E-state index contributed by atoms with van der Waals surface area (Å²) >= 11 is 0. The molecule has 0 bridgehead atoms. The number of carbonyl (C=O) groups is 2. The van der Waals surface area contributed by atoms with E-state index in [0.29, 0.717) is 12.8 Å². The molecule has 0 saturated carbocycles. The van der Waals surface area contributed by atoms with Gasteiger partial charge in [0.15, 0.2) is 0 Å². The molecule has 0 aliphatic rings. The van der Waals surface area contributed by atoms with Crippen molar-refractivity contribution in [2.75, 3.05) is 0 Å². The summed E-state index contributed by atoms with van der Waals surface area (Å²) in [6.07, 6.45) is 3.98. The summed E-state index contributed by atoms with van der Waals surface area (Å²) in [5.41, 5.74) is -0.762. The van der Waals surface area contributed by atoms with E-state index in [9.17, 15) is 19.8 Å². The molecule has 1 unspecified atom stereocenters. The summed E-state index contributed by atoms with van der Waals surface area (Å²) in [6.45, 7) is 11.8. The maximum absolute atomic E-state index is 10.3. The predicted octanol–water partition coefficient (Wildman–Crippen LogP) is 0.287. The topological polar surface area (TPSA) is 80.3 Å². The van der Waals surface area contributed by atoms with E-state index in [1.807, 2.05) is 0 Å². The summed E-state index contributed by atoms with van der Waals surface area (Å²) in [6, 6.07) is 0. The molecule has 0 saturated heterocycles. The van der Waals surface area contributed by atoms with Gasteiger partial charge in [-0.2, -0.15) is 0 Å². The molecule has 0 aliphatic carbocycles. The van der Waals surface area contributed by atoms with Crippen molar-refractivity contribution in [2.24, 2.45) is 11.3 Å². The van der Waals surface area contributed by atoms with Gasteiger partial charge in [0.2, 0.25) is 0 Å². The van der Waals surface area contributed by atoms with Crippen LogP contribution in [0.4, 0.5) is 0 Å². The van der Waals surface area contributed by atoms with Gasteiger partial charge >= 0.3 is 0 Å². The minimum Gasteiger partial charge on any atom is -0.550 e. The second-order valence-electron chi connectivity index (χ2n) is 4.23. The first-order valence-electron chi connectivity index (χ1n) is 5.38. The van der Waals surface area contributed by atoms with Crippen LogP contribution in [0.2, 0.25) is 0 Å². The first-order valence-corrected chi connectivity index (χ1v) is 5.38. The molecule has 0 aromatic rings. The Kier molecular flexibility index (Phi) is 8.96. The van der Waals surface area contributed by atoms with E-state index >= 15 is 0 Å². The number of hydrogen-bond donors (Lipinski definition) is 0. The van der Waals surface area contributed by atoms with Gasteiger partial charge in [0.05, 0.1) is 0 Å². The molecule has 0 N–H and O–H groups in total. The summed E-state index contributed by atoms with van der Waals surface area (Å²) in [4.78, 5) is 20.2. The van der Waals surface area contributed by atoms with E-state index in [1.54, 1.807) is 26.8 Å². The summed E-state index contributed by atoms with van der Waals surface area (Å²) in [7, 11) is 0. The fraction of sp³-hybridized carbons (Fsp3) is 0.538. The lowest BCUT2D eigenvalue weighted by Gasteiger charge is -2.23. The van der Waals surface area contributed by atoms with Gasteiger partial charge in [-0.1, -0.05) is 32.9 Å². The highest BCUT2D eigenvalue weighted by atomic mass is 16.4. The minimum absolute atomic E-state index is 0.454. The van der Waals surface area contributed by atoms with Gasteiger partial charge < -0.3 is 19.8 Å². The van der Waals surface area contributed by atoms with Crippen LogP contribution < -0.4 is 10.2 Å². The Bertz CT molecular complexity index is 279. The van der Waals surface area contributed by atoms with Crippen LogP contribution in [0.25, 0.3) is 0 Å². The van der Waals surface area contributed by atoms with Crippen LogP contribution in [0.5, 0.6) is 0 Å². The number of aliphatic carboxylic acids is 2. The standard InChI is InChI=1S/C7H12O2.C6H10O2/c1-4-5-7(2,3)6(8)9;1-3-5(4-2)6(7)8/h4H,1,5H2,2-3H3,(H,8,9);3,5H,1,4H2,2H3,(H,7,8)/p-2. The molecule has 98 valence electrons. The molecule has 0 aliphatic heterocycles. The van der Waals surface area contributed by atoms with E-state index in [4.69, 9.17) is 0 Å². The lowest BCUT2D eigenvalue weighted by Crippen LogP contribution is -2.37. The lowest BCUT2D eigenvalue weighted by atomic mass is 9.90. The SMILES string of the molecule is C=CC(CC)C(=O)[O-].C=CCC(C)(C)C(=O)[O-]. The first-order chi connectivity index (χ1) is 7.72. The van der Waals surface area contributed by atoms with Gasteiger partial charge in [-0.15, -0.1) is 13.2 Å². The van der Waals surface area contributed by atoms with Crippen LogP contribution in [-0.4, -0.2) is 11.9 Å². The van der Waals surface area contributed by atoms with Crippen LogP contribution in [0, 0.1) is 11.3 Å². The highest BCUT2D eigenvalue weighted by molar-refractivity contribution is 5.71. The molecule has 4 heteroatoms. The van der Waals surface area contributed by atoms with E-state index in [2.05, 4.69) is 13.2 Å². The second-order valence-corrected chi connectivity index (χ2v) is 4.23. The highest BCUT2D eigenvalue weighted by Crippen LogP contribution is 2.18. The Morgan fingerprint density at radius 3 is 1.82 bits per heavy atom. The van der Waals surface area contributed by atoms with Crippen LogP contribution in [0.3, 0.4) is 0 Å². The molecular weight excluding hydrogens is 220 g/mol. The van der Waals surface area contributed by atoms with Crippen molar-refractivity contribution in [3.8, 4) is 0 Å². The Morgan fingerprint density at radius 2 is 1.76 bits per heavy atom. The van der Waals surface area contributed by atoms with Crippen LogP contribution in [-0.2, 0) is 9.59 Å². The smallest absolute Gasteiger partial charge is 0.0482 e. The second kappa shape index (κ2) is 8.56. The van der Waals surface area contributed by atoms with Crippen molar-refractivity contribution in [3.05, 3.63) is 25.3 Å². The van der Waals surface area contributed by atoms with Crippen LogP contribution in [0.15, 0.2) is 25.3 Å². The van der Waals surface area contributed by atoms with E-state index in [-0.39, 0.29) is 0 Å². The Balaban J connectivity index is 0. The fourth-order valence-electron chi connectivity index (χ4n) is 0.874. The Labute approximate surface area is 103 Å². The number of carboxylic acids is 2. The molecule has 0 spiro atoms. The van der Waals surface area contributed by atoms with E-state index in [1.165, 1.54) is 6.08 Å². The monoisotopic (exact) mass is 240 g/mol. The maximum Gasteiger partial charge on any atom is 0.0482 e. The molecular formula is C13H20O4-2. The third-order valence-corrected chi connectivity index (χ3v) is 2.23. The molecule has 0 amide bonds. The average molecular weight is 240 g/mol. The molecule has 0 fully saturated rings. The lowest BCUT2D eigenvalue weighted by molar-refractivity contribution is -0.317. The van der Waals surface area contributed by atoms with Crippen molar-refractivity contribution < 1.29 is 19.8 Å². The maximum atomic E-state index is 10.3. The zero-order chi connectivity index (χ0) is 14.1. The molecule has 17 heavy (non-hydrogen) atoms. The molecule has 0 heterocycles. The number of carboxylic acid groups (broad SMARTS) is 2. The third kappa shape index (κ3) is 8.25. The largest absolute Gasteiger partial charge is 0.550 e. The number of hydrogen-bond acceptors (Lipinski definition) is 4. The van der Waals surface area contributed by atoms with Crippen molar-refractivity contribution >= 4 is 11.9 Å².